The number of Topliss-reactive ketones (excluding diaryl/α,β-unsaturated/α-hetero) is 1. The number of fused-ring (bicyclic) bond motifs is 1. The van der Waals surface area contributed by atoms with Crippen LogP contribution in [0.3, 0.4) is 0 Å². The Labute approximate surface area is 104 Å². The molecule has 2 rings (SSSR count). The smallest absolute Gasteiger partial charge is 0.228 e. The molecule has 0 aromatic heterocycles. The number of aliphatic hydroxyl groups is 1. The zero-order valence-corrected chi connectivity index (χ0v) is 10.3. The van der Waals surface area contributed by atoms with Gasteiger partial charge in [0.05, 0.1) is 20.8 Å². The molecule has 2 N–H and O–H groups in total. The van der Waals surface area contributed by atoms with Crippen LogP contribution in [0.1, 0.15) is 22.8 Å². The third-order valence-corrected chi connectivity index (χ3v) is 2.91. The summed E-state index contributed by atoms with van der Waals surface area (Å²) in [5.74, 6) is -2.37. The number of methoxy groups -OCH3 is 2. The summed E-state index contributed by atoms with van der Waals surface area (Å²) in [6.07, 6.45) is 0. The van der Waals surface area contributed by atoms with Crippen LogP contribution in [0.25, 0.3) is 0 Å². The minimum absolute atomic E-state index is 0.0831. The van der Waals surface area contributed by atoms with Crippen molar-refractivity contribution < 1.29 is 29.2 Å². The Balaban J connectivity index is 2.66. The summed E-state index contributed by atoms with van der Waals surface area (Å²) in [4.78, 5) is 12.0. The number of ketones is 1. The predicted molar refractivity (Wildman–Crippen MR) is 61.0 cm³/mol. The minimum atomic E-state index is -1.89. The molecule has 0 spiro atoms. The van der Waals surface area contributed by atoms with Gasteiger partial charge in [-0.2, -0.15) is 0 Å². The van der Waals surface area contributed by atoms with Crippen molar-refractivity contribution in [3.8, 4) is 17.2 Å². The molecule has 1 atom stereocenters. The normalized spacial score (nSPS) is 22.6. The summed E-state index contributed by atoms with van der Waals surface area (Å²) >= 11 is 0. The van der Waals surface area contributed by atoms with Gasteiger partial charge in [0.2, 0.25) is 17.3 Å². The molecule has 18 heavy (non-hydrogen) atoms. The number of phenolic OH excluding ortho intramolecular Hbond substituents is 1. The molecule has 1 aromatic rings. The molecular weight excluding hydrogens is 240 g/mol. The lowest BCUT2D eigenvalue weighted by Crippen LogP contribution is -2.42. The van der Waals surface area contributed by atoms with E-state index in [2.05, 4.69) is 0 Å². The van der Waals surface area contributed by atoms with Gasteiger partial charge in [-0.3, -0.25) is 4.79 Å². The summed E-state index contributed by atoms with van der Waals surface area (Å²) in [5, 5.41) is 19.8. The maximum absolute atomic E-state index is 12.0. The Morgan fingerprint density at radius 1 is 1.39 bits per heavy atom. The minimum Gasteiger partial charge on any atom is -0.504 e. The molecule has 0 fully saturated rings. The van der Waals surface area contributed by atoms with Gasteiger partial charge in [0.15, 0.2) is 11.5 Å². The molecule has 0 saturated carbocycles. The van der Waals surface area contributed by atoms with Crippen LogP contribution in [0.5, 0.6) is 17.2 Å². The number of aromatic hydroxyl groups is 1. The van der Waals surface area contributed by atoms with E-state index in [1.165, 1.54) is 27.2 Å². The molecule has 0 saturated heterocycles. The lowest BCUT2D eigenvalue weighted by atomic mass is 9.94. The summed E-state index contributed by atoms with van der Waals surface area (Å²) in [5.41, 5.74) is 0.450. The van der Waals surface area contributed by atoms with Crippen LogP contribution in [-0.2, 0) is 11.3 Å². The molecule has 1 aliphatic heterocycles. The number of carbonyl (C=O) groups excluding carboxylic acids is 1. The number of rotatable bonds is 2. The molecule has 6 heteroatoms. The van der Waals surface area contributed by atoms with Crippen LogP contribution < -0.4 is 9.47 Å². The quantitative estimate of drug-likeness (QED) is 0.813. The predicted octanol–water partition coefficient (Wildman–Crippen LogP) is 0.831. The van der Waals surface area contributed by atoms with Gasteiger partial charge in [0.1, 0.15) is 0 Å². The van der Waals surface area contributed by atoms with Crippen LogP contribution in [0.2, 0.25) is 0 Å². The van der Waals surface area contributed by atoms with Crippen molar-refractivity contribution >= 4 is 5.78 Å². The van der Waals surface area contributed by atoms with Crippen molar-refractivity contribution in [2.24, 2.45) is 0 Å². The van der Waals surface area contributed by atoms with E-state index < -0.39 is 11.6 Å². The third kappa shape index (κ3) is 1.70. The van der Waals surface area contributed by atoms with Crippen molar-refractivity contribution in [2.75, 3.05) is 14.2 Å². The van der Waals surface area contributed by atoms with Crippen molar-refractivity contribution in [1.29, 1.82) is 0 Å². The fraction of sp³-hybridized carbons (Fsp3) is 0.417. The van der Waals surface area contributed by atoms with Crippen molar-refractivity contribution in [3.05, 3.63) is 17.2 Å². The number of hydrogen-bond donors (Lipinski definition) is 2. The van der Waals surface area contributed by atoms with E-state index in [1.807, 2.05) is 0 Å². The van der Waals surface area contributed by atoms with Gasteiger partial charge >= 0.3 is 0 Å². The molecular formula is C12H14O6. The third-order valence-electron chi connectivity index (χ3n) is 2.91. The zero-order chi connectivity index (χ0) is 13.5. The lowest BCUT2D eigenvalue weighted by molar-refractivity contribution is -0.165. The van der Waals surface area contributed by atoms with Crippen LogP contribution in [-0.4, -0.2) is 36.0 Å². The molecule has 1 aromatic carbocycles. The van der Waals surface area contributed by atoms with Crippen molar-refractivity contribution in [1.82, 2.24) is 0 Å². The second-order valence-corrected chi connectivity index (χ2v) is 4.09. The van der Waals surface area contributed by atoms with Gasteiger partial charge in [-0.1, -0.05) is 0 Å². The zero-order valence-electron chi connectivity index (χ0n) is 10.3. The highest BCUT2D eigenvalue weighted by Crippen LogP contribution is 2.44. The monoisotopic (exact) mass is 254 g/mol. The Morgan fingerprint density at radius 2 is 2.06 bits per heavy atom. The molecule has 0 unspecified atom stereocenters. The maximum atomic E-state index is 12.0. The molecule has 0 bridgehead atoms. The molecule has 0 aliphatic carbocycles. The molecule has 98 valence electrons. The largest absolute Gasteiger partial charge is 0.504 e. The number of phenols is 1. The number of hydrogen-bond acceptors (Lipinski definition) is 6. The fourth-order valence-corrected chi connectivity index (χ4v) is 1.89. The van der Waals surface area contributed by atoms with Gasteiger partial charge in [-0.05, 0) is 13.0 Å². The van der Waals surface area contributed by atoms with Crippen LogP contribution in [0.15, 0.2) is 6.07 Å². The highest BCUT2D eigenvalue weighted by Gasteiger charge is 2.40. The van der Waals surface area contributed by atoms with E-state index >= 15 is 0 Å². The van der Waals surface area contributed by atoms with Crippen molar-refractivity contribution in [2.45, 2.75) is 19.3 Å². The summed E-state index contributed by atoms with van der Waals surface area (Å²) < 4.78 is 15.1. The van der Waals surface area contributed by atoms with Gasteiger partial charge in [-0.15, -0.1) is 0 Å². The molecule has 6 nitrogen and oxygen atoms in total. The number of ether oxygens (including phenoxy) is 3. The second kappa shape index (κ2) is 4.15. The first-order chi connectivity index (χ1) is 8.42. The molecule has 0 amide bonds. The fourth-order valence-electron chi connectivity index (χ4n) is 1.89. The van der Waals surface area contributed by atoms with E-state index in [-0.39, 0.29) is 35.0 Å². The first kappa shape index (κ1) is 12.7. The van der Waals surface area contributed by atoms with Gasteiger partial charge in [0, 0.05) is 11.1 Å². The number of benzene rings is 1. The topological polar surface area (TPSA) is 85.2 Å². The van der Waals surface area contributed by atoms with E-state index in [9.17, 15) is 15.0 Å². The average Bonchev–Trinajstić information content (AvgIpc) is 2.34. The van der Waals surface area contributed by atoms with E-state index in [1.54, 1.807) is 0 Å². The van der Waals surface area contributed by atoms with Crippen LogP contribution in [0.4, 0.5) is 0 Å². The Bertz CT molecular complexity index is 506. The Hall–Kier alpha value is -1.79. The number of carbonyl (C=O) groups is 1. The maximum Gasteiger partial charge on any atom is 0.228 e. The van der Waals surface area contributed by atoms with Crippen LogP contribution in [0, 0.1) is 0 Å². The van der Waals surface area contributed by atoms with Gasteiger partial charge in [-0.25, -0.2) is 0 Å². The SMILES string of the molecule is COc1cc2c(c(O)c1OC)CO[C@](C)(O)C2=O. The summed E-state index contributed by atoms with van der Waals surface area (Å²) in [6, 6.07) is 1.42. The molecule has 1 aliphatic rings. The average molecular weight is 254 g/mol. The lowest BCUT2D eigenvalue weighted by Gasteiger charge is -2.29. The Morgan fingerprint density at radius 3 is 2.61 bits per heavy atom. The first-order valence-corrected chi connectivity index (χ1v) is 5.30. The Kier molecular flexibility index (Phi) is 2.92. The summed E-state index contributed by atoms with van der Waals surface area (Å²) in [6.45, 7) is 1.17. The first-order valence-electron chi connectivity index (χ1n) is 5.30. The molecule has 0 radical (unpaired) electrons. The van der Waals surface area contributed by atoms with E-state index in [4.69, 9.17) is 14.2 Å². The van der Waals surface area contributed by atoms with Gasteiger partial charge < -0.3 is 24.4 Å². The summed E-state index contributed by atoms with van der Waals surface area (Å²) in [7, 11) is 2.78. The second-order valence-electron chi connectivity index (χ2n) is 4.09. The standard InChI is InChI=1S/C12H14O6/c1-12(15)11(14)6-4-8(16-2)10(17-3)9(13)7(6)5-18-12/h4,13,15H,5H2,1-3H3/t12-/m0/s1. The van der Waals surface area contributed by atoms with Gasteiger partial charge in [0.25, 0.3) is 0 Å². The highest BCUT2D eigenvalue weighted by molar-refractivity contribution is 6.04. The van der Waals surface area contributed by atoms with Crippen molar-refractivity contribution in [3.63, 3.8) is 0 Å². The highest BCUT2D eigenvalue weighted by atomic mass is 16.6. The molecule has 1 heterocycles. The van der Waals surface area contributed by atoms with E-state index in [0.717, 1.165) is 0 Å². The van der Waals surface area contributed by atoms with Crippen LogP contribution >= 0.6 is 0 Å². The van der Waals surface area contributed by atoms with E-state index in [0.29, 0.717) is 0 Å².